The van der Waals surface area contributed by atoms with Crippen molar-refractivity contribution in [2.45, 2.75) is 104 Å². The topological polar surface area (TPSA) is 40.9 Å². The maximum atomic E-state index is 13.2. The van der Waals surface area contributed by atoms with Gasteiger partial charge >= 0.3 is 0 Å². The van der Waals surface area contributed by atoms with Crippen LogP contribution in [0.4, 0.5) is 0 Å². The van der Waals surface area contributed by atoms with Crippen molar-refractivity contribution in [3.63, 3.8) is 0 Å². The summed E-state index contributed by atoms with van der Waals surface area (Å²) in [6.45, 7) is 4.48. The van der Waals surface area contributed by atoms with E-state index in [9.17, 15) is 4.57 Å². The maximum absolute atomic E-state index is 13.2. The third-order valence-electron chi connectivity index (χ3n) is 4.69. The molecule has 0 aliphatic carbocycles. The second-order valence-electron chi connectivity index (χ2n) is 7.03. The summed E-state index contributed by atoms with van der Waals surface area (Å²) in [6, 6.07) is 2.20. The quantitative estimate of drug-likeness (QED) is 0.204. The first-order chi connectivity index (χ1) is 11.2. The molecule has 23 heavy (non-hydrogen) atoms. The summed E-state index contributed by atoms with van der Waals surface area (Å²) in [5.41, 5.74) is 0. The monoisotopic (exact) mass is 341 g/mol. The lowest BCUT2D eigenvalue weighted by Crippen LogP contribution is -2.01. The van der Waals surface area contributed by atoms with Crippen LogP contribution in [0, 0.1) is 11.3 Å². The van der Waals surface area contributed by atoms with Crippen LogP contribution in [-0.4, -0.2) is 18.5 Å². The van der Waals surface area contributed by atoms with Gasteiger partial charge in [0.05, 0.1) is 13.2 Å². The first-order valence-corrected chi connectivity index (χ1v) is 12.4. The molecule has 0 fully saturated rings. The smallest absolute Gasteiger partial charge is 0.0878 e. The fourth-order valence-corrected chi connectivity index (χ4v) is 6.15. The number of unbranched alkanes of at least 4 members (excludes halogenated alkanes) is 11. The second-order valence-corrected chi connectivity index (χ2v) is 10.5. The molecule has 0 saturated carbocycles. The van der Waals surface area contributed by atoms with Gasteiger partial charge in [-0.25, -0.2) is 0 Å². The molecule has 0 aliphatic rings. The van der Waals surface area contributed by atoms with Gasteiger partial charge in [0.1, 0.15) is 0 Å². The molecule has 0 aromatic carbocycles. The van der Waals surface area contributed by atoms with Crippen molar-refractivity contribution in [2.24, 2.45) is 0 Å². The van der Waals surface area contributed by atoms with Gasteiger partial charge in [0.2, 0.25) is 0 Å². The Morgan fingerprint density at radius 2 is 1.04 bits per heavy atom. The normalized spacial score (nSPS) is 11.5. The van der Waals surface area contributed by atoms with Gasteiger partial charge in [0.15, 0.2) is 0 Å². The Balaban J connectivity index is 3.98. The Morgan fingerprint density at radius 1 is 0.652 bits per heavy atom. The van der Waals surface area contributed by atoms with E-state index in [0.717, 1.165) is 37.7 Å². The van der Waals surface area contributed by atoms with Gasteiger partial charge in [-0.05, 0) is 19.3 Å². The van der Waals surface area contributed by atoms with Crippen molar-refractivity contribution in [3.8, 4) is 6.07 Å². The molecular weight excluding hydrogens is 301 g/mol. The molecule has 0 aromatic rings. The molecule has 0 bridgehead atoms. The first kappa shape index (κ1) is 22.7. The molecule has 2 nitrogen and oxygen atoms in total. The average Bonchev–Trinajstić information content (AvgIpc) is 2.54. The molecule has 3 heteroatoms. The van der Waals surface area contributed by atoms with Gasteiger partial charge in [-0.1, -0.05) is 78.1 Å². The Kier molecular flexibility index (Phi) is 16.4. The summed E-state index contributed by atoms with van der Waals surface area (Å²) >= 11 is 0. The second kappa shape index (κ2) is 16.6. The number of rotatable bonds is 17. The molecule has 0 unspecified atom stereocenters. The summed E-state index contributed by atoms with van der Waals surface area (Å²) in [4.78, 5) is 0. The lowest BCUT2D eigenvalue weighted by atomic mass is 10.1. The Bertz CT molecular complexity index is 315. The highest BCUT2D eigenvalue weighted by atomic mass is 31.2. The highest BCUT2D eigenvalue weighted by Crippen LogP contribution is 2.48. The minimum atomic E-state index is -2.01. The molecule has 136 valence electrons. The Hall–Kier alpha value is -0.280. The van der Waals surface area contributed by atoms with E-state index < -0.39 is 7.14 Å². The van der Waals surface area contributed by atoms with Gasteiger partial charge in [0, 0.05) is 24.9 Å². The van der Waals surface area contributed by atoms with E-state index in [4.69, 9.17) is 5.26 Å². The number of hydrogen-bond donors (Lipinski definition) is 0. The summed E-state index contributed by atoms with van der Waals surface area (Å²) in [6.07, 6.45) is 19.3. The van der Waals surface area contributed by atoms with E-state index in [-0.39, 0.29) is 0 Å². The molecular formula is C20H40NOP. The Labute approximate surface area is 145 Å². The number of nitrogens with zero attached hydrogens (tertiary/aromatic N) is 1. The van der Waals surface area contributed by atoms with Crippen molar-refractivity contribution < 1.29 is 4.57 Å². The fraction of sp³-hybridized carbons (Fsp3) is 0.950. The van der Waals surface area contributed by atoms with Crippen LogP contribution in [0.5, 0.6) is 0 Å². The average molecular weight is 342 g/mol. The zero-order valence-electron chi connectivity index (χ0n) is 15.8. The first-order valence-electron chi connectivity index (χ1n) is 10.1. The molecule has 0 amide bonds. The fourth-order valence-electron chi connectivity index (χ4n) is 3.14. The summed E-state index contributed by atoms with van der Waals surface area (Å²) in [5, 5.41) is 8.72. The maximum Gasteiger partial charge on any atom is 0.0878 e. The molecule has 0 saturated heterocycles. The van der Waals surface area contributed by atoms with E-state index in [1.807, 2.05) is 0 Å². The van der Waals surface area contributed by atoms with Crippen molar-refractivity contribution in [2.75, 3.05) is 18.5 Å². The third kappa shape index (κ3) is 15.0. The lowest BCUT2D eigenvalue weighted by Gasteiger charge is -2.18. The van der Waals surface area contributed by atoms with E-state index in [2.05, 4.69) is 19.9 Å². The van der Waals surface area contributed by atoms with Gasteiger partial charge in [-0.2, -0.15) is 5.26 Å². The van der Waals surface area contributed by atoms with Crippen LogP contribution >= 0.6 is 7.14 Å². The highest BCUT2D eigenvalue weighted by molar-refractivity contribution is 7.63. The van der Waals surface area contributed by atoms with E-state index >= 15 is 0 Å². The van der Waals surface area contributed by atoms with Crippen LogP contribution in [0.15, 0.2) is 0 Å². The van der Waals surface area contributed by atoms with Crippen LogP contribution in [-0.2, 0) is 4.57 Å². The van der Waals surface area contributed by atoms with Gasteiger partial charge in [0.25, 0.3) is 0 Å². The predicted octanol–water partition coefficient (Wildman–Crippen LogP) is 7.37. The summed E-state index contributed by atoms with van der Waals surface area (Å²) < 4.78 is 13.2. The number of nitriles is 1. The van der Waals surface area contributed by atoms with Crippen LogP contribution in [0.3, 0.4) is 0 Å². The van der Waals surface area contributed by atoms with Crippen LogP contribution in [0.1, 0.15) is 104 Å². The number of hydrogen-bond acceptors (Lipinski definition) is 2. The Morgan fingerprint density at radius 3 is 1.48 bits per heavy atom. The third-order valence-corrected chi connectivity index (χ3v) is 8.09. The molecule has 0 N–H and O–H groups in total. The van der Waals surface area contributed by atoms with Gasteiger partial charge in [-0.15, -0.1) is 0 Å². The largest absolute Gasteiger partial charge is 0.324 e. The van der Waals surface area contributed by atoms with Crippen LogP contribution in [0.2, 0.25) is 0 Å². The summed E-state index contributed by atoms with van der Waals surface area (Å²) in [5.74, 6) is 0. The van der Waals surface area contributed by atoms with E-state index in [1.165, 1.54) is 64.2 Å². The van der Waals surface area contributed by atoms with E-state index in [1.54, 1.807) is 0 Å². The molecule has 0 radical (unpaired) electrons. The minimum Gasteiger partial charge on any atom is -0.324 e. The lowest BCUT2D eigenvalue weighted by molar-refractivity contribution is 0.559. The molecule has 0 rings (SSSR count). The van der Waals surface area contributed by atoms with Crippen LogP contribution < -0.4 is 0 Å². The SMILES string of the molecule is CCCCCCCCP(=O)(CCCC#N)CCCCCCCC. The standard InChI is InChI=1S/C20H40NOP/c1-3-5-7-9-11-14-18-23(22,20-16-13-17-21)19-15-12-10-8-6-4-2/h3-16,18-20H2,1-2H3. The molecule has 0 aliphatic heterocycles. The van der Waals surface area contributed by atoms with Crippen molar-refractivity contribution in [1.29, 1.82) is 5.26 Å². The zero-order chi connectivity index (χ0) is 17.2. The molecule has 0 aromatic heterocycles. The van der Waals surface area contributed by atoms with Crippen molar-refractivity contribution in [3.05, 3.63) is 0 Å². The van der Waals surface area contributed by atoms with Gasteiger partial charge in [-0.3, -0.25) is 0 Å². The highest BCUT2D eigenvalue weighted by Gasteiger charge is 2.20. The molecule has 0 spiro atoms. The summed E-state index contributed by atoms with van der Waals surface area (Å²) in [7, 11) is -2.01. The van der Waals surface area contributed by atoms with Crippen LogP contribution in [0.25, 0.3) is 0 Å². The minimum absolute atomic E-state index is 0.566. The molecule has 0 atom stereocenters. The van der Waals surface area contributed by atoms with Crippen molar-refractivity contribution in [1.82, 2.24) is 0 Å². The van der Waals surface area contributed by atoms with Crippen molar-refractivity contribution >= 4 is 7.14 Å². The van der Waals surface area contributed by atoms with Gasteiger partial charge < -0.3 is 4.57 Å². The zero-order valence-corrected chi connectivity index (χ0v) is 16.7. The molecule has 0 heterocycles. The predicted molar refractivity (Wildman–Crippen MR) is 104 cm³/mol. The van der Waals surface area contributed by atoms with E-state index in [0.29, 0.717) is 6.42 Å².